The number of hydrogen-bond donors (Lipinski definition) is 0. The molecular weight excluding hydrogens is 249 g/mol. The van der Waals surface area contributed by atoms with Crippen LogP contribution in [0.4, 0.5) is 4.39 Å². The number of aromatic nitrogens is 1. The van der Waals surface area contributed by atoms with Crippen LogP contribution in [0.2, 0.25) is 0 Å². The van der Waals surface area contributed by atoms with Crippen LogP contribution in [0.15, 0.2) is 36.7 Å². The Balaban J connectivity index is 2.05. The molecule has 0 radical (unpaired) electrons. The number of benzene rings is 1. The molecule has 0 N–H and O–H groups in total. The van der Waals surface area contributed by atoms with Crippen LogP contribution < -0.4 is 9.47 Å². The van der Waals surface area contributed by atoms with Crippen LogP contribution in [0.3, 0.4) is 0 Å². The van der Waals surface area contributed by atoms with E-state index in [4.69, 9.17) is 9.47 Å². The minimum absolute atomic E-state index is 0.183. The van der Waals surface area contributed by atoms with Gasteiger partial charge < -0.3 is 9.47 Å². The second-order valence-corrected chi connectivity index (χ2v) is 4.05. The number of ether oxygens (including phenoxy) is 2. The first-order valence-corrected chi connectivity index (χ1v) is 5.79. The molecule has 0 fully saturated rings. The lowest BCUT2D eigenvalue weighted by molar-refractivity contribution is 0.102. The summed E-state index contributed by atoms with van der Waals surface area (Å²) in [6.45, 7) is 0.838. The third-order valence-corrected chi connectivity index (χ3v) is 2.78. The third-order valence-electron chi connectivity index (χ3n) is 2.78. The van der Waals surface area contributed by atoms with E-state index in [-0.39, 0.29) is 11.3 Å². The van der Waals surface area contributed by atoms with E-state index in [0.29, 0.717) is 30.3 Å². The highest BCUT2D eigenvalue weighted by Crippen LogP contribution is 2.34. The number of hydrogen-bond acceptors (Lipinski definition) is 4. The van der Waals surface area contributed by atoms with Crippen LogP contribution in [0.1, 0.15) is 15.9 Å². The number of fused-ring (bicyclic) bond motifs is 1. The SMILES string of the molecule is O=C(c1cncc(F)c1)c1cccc2c1OCCO2. The minimum atomic E-state index is -0.548. The van der Waals surface area contributed by atoms with Crippen molar-refractivity contribution in [1.29, 1.82) is 0 Å². The van der Waals surface area contributed by atoms with Gasteiger partial charge in [0.1, 0.15) is 19.0 Å². The molecule has 5 heteroatoms. The van der Waals surface area contributed by atoms with Gasteiger partial charge in [-0.15, -0.1) is 0 Å². The van der Waals surface area contributed by atoms with Crippen molar-refractivity contribution in [2.75, 3.05) is 13.2 Å². The van der Waals surface area contributed by atoms with Gasteiger partial charge in [0.25, 0.3) is 0 Å². The molecule has 3 rings (SSSR count). The van der Waals surface area contributed by atoms with Crippen LogP contribution in [0, 0.1) is 5.82 Å². The van der Waals surface area contributed by atoms with Crippen molar-refractivity contribution in [3.63, 3.8) is 0 Å². The maximum atomic E-state index is 13.1. The van der Waals surface area contributed by atoms with Crippen molar-refractivity contribution >= 4 is 5.78 Å². The molecule has 1 aromatic carbocycles. The van der Waals surface area contributed by atoms with Crippen LogP contribution in [-0.4, -0.2) is 24.0 Å². The van der Waals surface area contributed by atoms with Crippen molar-refractivity contribution in [3.05, 3.63) is 53.6 Å². The first-order valence-electron chi connectivity index (χ1n) is 5.79. The summed E-state index contributed by atoms with van der Waals surface area (Å²) in [5, 5.41) is 0. The fourth-order valence-electron chi connectivity index (χ4n) is 1.94. The van der Waals surface area contributed by atoms with Gasteiger partial charge in [-0.2, -0.15) is 0 Å². The maximum Gasteiger partial charge on any atom is 0.198 e. The van der Waals surface area contributed by atoms with Gasteiger partial charge in [-0.05, 0) is 18.2 Å². The third kappa shape index (κ3) is 2.14. The van der Waals surface area contributed by atoms with E-state index in [1.807, 2.05) is 0 Å². The van der Waals surface area contributed by atoms with Gasteiger partial charge >= 0.3 is 0 Å². The largest absolute Gasteiger partial charge is 0.486 e. The summed E-state index contributed by atoms with van der Waals surface area (Å²) in [5.74, 6) is 0.0478. The molecule has 0 unspecified atom stereocenters. The number of carbonyl (C=O) groups excluding carboxylic acids is 1. The van der Waals surface area contributed by atoms with Crippen LogP contribution in [0.25, 0.3) is 0 Å². The molecule has 0 saturated heterocycles. The van der Waals surface area contributed by atoms with Crippen LogP contribution in [0.5, 0.6) is 11.5 Å². The second-order valence-electron chi connectivity index (χ2n) is 4.05. The van der Waals surface area contributed by atoms with Crippen molar-refractivity contribution < 1.29 is 18.7 Å². The summed E-state index contributed by atoms with van der Waals surface area (Å²) >= 11 is 0. The first-order chi connectivity index (χ1) is 9.25. The van der Waals surface area contributed by atoms with Crippen LogP contribution >= 0.6 is 0 Å². The lowest BCUT2D eigenvalue weighted by Crippen LogP contribution is -2.18. The van der Waals surface area contributed by atoms with Gasteiger partial charge in [-0.25, -0.2) is 4.39 Å². The second kappa shape index (κ2) is 4.68. The molecule has 4 nitrogen and oxygen atoms in total. The number of pyridine rings is 1. The Labute approximate surface area is 108 Å². The van der Waals surface area contributed by atoms with Crippen molar-refractivity contribution in [1.82, 2.24) is 4.98 Å². The molecule has 0 atom stereocenters. The lowest BCUT2D eigenvalue weighted by Gasteiger charge is -2.20. The fraction of sp³-hybridized carbons (Fsp3) is 0.143. The highest BCUT2D eigenvalue weighted by molar-refractivity contribution is 6.11. The molecule has 0 aliphatic carbocycles. The zero-order valence-corrected chi connectivity index (χ0v) is 9.93. The summed E-state index contributed by atoms with van der Waals surface area (Å²) in [4.78, 5) is 16.0. The number of halogens is 1. The smallest absolute Gasteiger partial charge is 0.198 e. The normalized spacial score (nSPS) is 13.1. The fourth-order valence-corrected chi connectivity index (χ4v) is 1.94. The number of carbonyl (C=O) groups is 1. The van der Waals surface area contributed by atoms with E-state index >= 15 is 0 Å². The zero-order chi connectivity index (χ0) is 13.2. The van der Waals surface area contributed by atoms with E-state index < -0.39 is 5.82 Å². The molecule has 96 valence electrons. The Kier molecular flexibility index (Phi) is 2.87. The average Bonchev–Trinajstić information content (AvgIpc) is 2.46. The minimum Gasteiger partial charge on any atom is -0.486 e. The van der Waals surface area contributed by atoms with Gasteiger partial charge in [0.05, 0.1) is 11.8 Å². The van der Waals surface area contributed by atoms with E-state index in [1.54, 1.807) is 18.2 Å². The molecule has 0 amide bonds. The van der Waals surface area contributed by atoms with Gasteiger partial charge in [-0.1, -0.05) is 6.07 Å². The standard InChI is InChI=1S/C14H10FNO3/c15-10-6-9(7-16-8-10)13(17)11-2-1-3-12-14(11)19-5-4-18-12/h1-3,6-8H,4-5H2. The highest BCUT2D eigenvalue weighted by Gasteiger charge is 2.21. The molecule has 0 saturated carbocycles. The number of para-hydroxylation sites is 1. The Morgan fingerprint density at radius 1 is 1.21 bits per heavy atom. The van der Waals surface area contributed by atoms with Gasteiger partial charge in [0, 0.05) is 11.8 Å². The molecular formula is C14H10FNO3. The molecule has 0 bridgehead atoms. The maximum absolute atomic E-state index is 13.1. The quantitative estimate of drug-likeness (QED) is 0.776. The first kappa shape index (κ1) is 11.6. The summed E-state index contributed by atoms with van der Waals surface area (Å²) in [5.41, 5.74) is 0.534. The summed E-state index contributed by atoms with van der Waals surface area (Å²) in [7, 11) is 0. The highest BCUT2D eigenvalue weighted by atomic mass is 19.1. The van der Waals surface area contributed by atoms with Gasteiger partial charge in [0.2, 0.25) is 0 Å². The summed E-state index contributed by atoms with van der Waals surface area (Å²) < 4.78 is 24.0. The Hall–Kier alpha value is -2.43. The van der Waals surface area contributed by atoms with E-state index in [1.165, 1.54) is 6.20 Å². The molecule has 2 heterocycles. The summed E-state index contributed by atoms with van der Waals surface area (Å²) in [6.07, 6.45) is 2.38. The Morgan fingerprint density at radius 2 is 2.05 bits per heavy atom. The number of ketones is 1. The Morgan fingerprint density at radius 3 is 2.89 bits per heavy atom. The number of nitrogens with zero attached hydrogens (tertiary/aromatic N) is 1. The van der Waals surface area contributed by atoms with Crippen molar-refractivity contribution in [3.8, 4) is 11.5 Å². The zero-order valence-electron chi connectivity index (χ0n) is 9.93. The molecule has 1 aliphatic rings. The Bertz CT molecular complexity index is 642. The average molecular weight is 259 g/mol. The predicted molar refractivity (Wildman–Crippen MR) is 65.1 cm³/mol. The molecule has 0 spiro atoms. The van der Waals surface area contributed by atoms with E-state index in [2.05, 4.69) is 4.98 Å². The topological polar surface area (TPSA) is 48.4 Å². The number of rotatable bonds is 2. The molecule has 1 aromatic heterocycles. The molecule has 2 aromatic rings. The predicted octanol–water partition coefficient (Wildman–Crippen LogP) is 2.22. The molecule has 1 aliphatic heterocycles. The summed E-state index contributed by atoms with van der Waals surface area (Å²) in [6, 6.07) is 6.21. The van der Waals surface area contributed by atoms with Crippen molar-refractivity contribution in [2.45, 2.75) is 0 Å². The van der Waals surface area contributed by atoms with Crippen LogP contribution in [-0.2, 0) is 0 Å². The lowest BCUT2D eigenvalue weighted by atomic mass is 10.0. The monoisotopic (exact) mass is 259 g/mol. The van der Waals surface area contributed by atoms with E-state index in [0.717, 1.165) is 12.3 Å². The van der Waals surface area contributed by atoms with E-state index in [9.17, 15) is 9.18 Å². The van der Waals surface area contributed by atoms with Gasteiger partial charge in [-0.3, -0.25) is 9.78 Å². The van der Waals surface area contributed by atoms with Crippen molar-refractivity contribution in [2.24, 2.45) is 0 Å². The van der Waals surface area contributed by atoms with Gasteiger partial charge in [0.15, 0.2) is 17.3 Å². The molecule has 19 heavy (non-hydrogen) atoms.